The first-order valence-electron chi connectivity index (χ1n) is 12.8. The number of methoxy groups -OCH3 is 1. The number of piperazine rings is 1. The van der Waals surface area contributed by atoms with Crippen molar-refractivity contribution in [3.8, 4) is 11.5 Å². The molecule has 2 heterocycles. The highest BCUT2D eigenvalue weighted by Gasteiger charge is 2.38. The van der Waals surface area contributed by atoms with Gasteiger partial charge >= 0.3 is 0 Å². The highest BCUT2D eigenvalue weighted by atomic mass is 35.5. The summed E-state index contributed by atoms with van der Waals surface area (Å²) >= 11 is 6.51. The van der Waals surface area contributed by atoms with E-state index in [4.69, 9.17) is 21.1 Å². The maximum Gasteiger partial charge on any atom is 0.257 e. The summed E-state index contributed by atoms with van der Waals surface area (Å²) in [5.74, 6) is 0.0374. The minimum atomic E-state index is -3.50. The minimum Gasteiger partial charge on any atom is -0.493 e. The van der Waals surface area contributed by atoms with Crippen LogP contribution >= 0.6 is 11.6 Å². The smallest absolute Gasteiger partial charge is 0.257 e. The highest BCUT2D eigenvalue weighted by molar-refractivity contribution is 7.90. The molecule has 0 aliphatic carbocycles. The Balaban J connectivity index is 1.63. The van der Waals surface area contributed by atoms with Gasteiger partial charge in [-0.2, -0.15) is 0 Å². The lowest BCUT2D eigenvalue weighted by Gasteiger charge is -2.31. The third-order valence-electron chi connectivity index (χ3n) is 7.01. The Morgan fingerprint density at radius 1 is 1.13 bits per heavy atom. The van der Waals surface area contributed by atoms with Crippen LogP contribution in [0.15, 0.2) is 30.3 Å². The van der Waals surface area contributed by atoms with E-state index in [1.165, 1.54) is 12.0 Å². The fourth-order valence-corrected chi connectivity index (χ4v) is 6.15. The number of halogens is 1. The normalized spacial score (nSPS) is 17.2. The lowest BCUT2D eigenvalue weighted by Crippen LogP contribution is -2.47. The maximum atomic E-state index is 13.9. The average molecular weight is 579 g/mol. The van der Waals surface area contributed by atoms with Crippen LogP contribution in [0.1, 0.15) is 34.5 Å². The van der Waals surface area contributed by atoms with E-state index in [1.807, 2.05) is 14.0 Å². The van der Waals surface area contributed by atoms with E-state index < -0.39 is 21.8 Å². The molecule has 0 bridgehead atoms. The molecule has 12 heteroatoms. The quantitative estimate of drug-likeness (QED) is 0.458. The number of carbonyl (C=O) groups is 2. The number of carbonyl (C=O) groups excluding carboxylic acids is 2. The van der Waals surface area contributed by atoms with Crippen LogP contribution in [-0.2, 0) is 21.2 Å². The Hall–Kier alpha value is -2.86. The van der Waals surface area contributed by atoms with Gasteiger partial charge in [-0.25, -0.2) is 8.42 Å². The number of anilines is 1. The van der Waals surface area contributed by atoms with Crippen molar-refractivity contribution in [1.82, 2.24) is 14.7 Å². The standard InChI is InChI=1S/C27H35ClN4O6S/c1-5-38-24-14-18(6-9-23(24)37-3)22(17-39(4,35)36)32-15-19-20(28)7-8-21(26(19)27(32)34)29-25(33)16-31-12-10-30(2)11-13-31/h6-9,14,22H,5,10-13,15-17H2,1-4H3,(H,29,33)/t22-/m1/s1. The second-order valence-corrected chi connectivity index (χ2v) is 12.6. The zero-order valence-electron chi connectivity index (χ0n) is 22.7. The number of nitrogens with zero attached hydrogens (tertiary/aromatic N) is 3. The monoisotopic (exact) mass is 578 g/mol. The Morgan fingerprint density at radius 2 is 1.85 bits per heavy atom. The van der Waals surface area contributed by atoms with Gasteiger partial charge in [-0.3, -0.25) is 14.5 Å². The summed E-state index contributed by atoms with van der Waals surface area (Å²) in [5.41, 5.74) is 1.79. The number of hydrogen-bond acceptors (Lipinski definition) is 8. The molecule has 212 valence electrons. The molecule has 39 heavy (non-hydrogen) atoms. The van der Waals surface area contributed by atoms with Gasteiger partial charge in [-0.05, 0) is 43.8 Å². The first kappa shape index (κ1) is 29.1. The molecule has 10 nitrogen and oxygen atoms in total. The van der Waals surface area contributed by atoms with E-state index in [0.29, 0.717) is 39.9 Å². The molecule has 0 unspecified atom stereocenters. The summed E-state index contributed by atoms with van der Waals surface area (Å²) in [7, 11) is 0.0718. The second-order valence-electron chi connectivity index (χ2n) is 9.96. The number of sulfone groups is 1. The van der Waals surface area contributed by atoms with Crippen molar-refractivity contribution in [2.45, 2.75) is 19.5 Å². The van der Waals surface area contributed by atoms with Gasteiger partial charge < -0.3 is 24.6 Å². The summed E-state index contributed by atoms with van der Waals surface area (Å²) in [6.07, 6.45) is 1.14. The van der Waals surface area contributed by atoms with Crippen LogP contribution in [0.25, 0.3) is 0 Å². The van der Waals surface area contributed by atoms with Crippen LogP contribution in [0.2, 0.25) is 5.02 Å². The number of benzene rings is 2. The number of amides is 2. The molecule has 2 aliphatic rings. The molecule has 2 aromatic rings. The first-order valence-corrected chi connectivity index (χ1v) is 15.3. The first-order chi connectivity index (χ1) is 18.5. The fraction of sp³-hybridized carbons (Fsp3) is 0.481. The molecule has 1 N–H and O–H groups in total. The van der Waals surface area contributed by atoms with E-state index in [1.54, 1.807) is 30.3 Å². The van der Waals surface area contributed by atoms with Crippen molar-refractivity contribution in [2.24, 2.45) is 0 Å². The fourth-order valence-electron chi connectivity index (χ4n) is 4.98. The second kappa shape index (κ2) is 12.1. The zero-order valence-corrected chi connectivity index (χ0v) is 24.3. The third-order valence-corrected chi connectivity index (χ3v) is 8.28. The van der Waals surface area contributed by atoms with Gasteiger partial charge in [0.15, 0.2) is 11.5 Å². The summed E-state index contributed by atoms with van der Waals surface area (Å²) in [4.78, 5) is 32.5. The molecular formula is C27H35ClN4O6S. The number of fused-ring (bicyclic) bond motifs is 1. The molecule has 1 fully saturated rings. The molecule has 2 aliphatic heterocycles. The number of likely N-dealkylation sites (N-methyl/N-ethyl adjacent to an activating group) is 1. The van der Waals surface area contributed by atoms with E-state index in [9.17, 15) is 18.0 Å². The van der Waals surface area contributed by atoms with Gasteiger partial charge in [0.25, 0.3) is 5.91 Å². The molecule has 0 radical (unpaired) electrons. The van der Waals surface area contributed by atoms with Gasteiger partial charge in [0.1, 0.15) is 9.84 Å². The van der Waals surface area contributed by atoms with Crippen molar-refractivity contribution in [2.75, 3.05) is 70.8 Å². The van der Waals surface area contributed by atoms with Crippen molar-refractivity contribution in [1.29, 1.82) is 0 Å². The van der Waals surface area contributed by atoms with Crippen molar-refractivity contribution >= 4 is 38.9 Å². The summed E-state index contributed by atoms with van der Waals surface area (Å²) in [6.45, 7) is 5.88. The lowest BCUT2D eigenvalue weighted by atomic mass is 10.1. The molecule has 2 aromatic carbocycles. The van der Waals surface area contributed by atoms with E-state index in [0.717, 1.165) is 32.4 Å². The maximum absolute atomic E-state index is 13.9. The van der Waals surface area contributed by atoms with Crippen molar-refractivity contribution < 1.29 is 27.5 Å². The number of nitrogens with one attached hydrogen (secondary N) is 1. The van der Waals surface area contributed by atoms with Crippen molar-refractivity contribution in [3.63, 3.8) is 0 Å². The molecular weight excluding hydrogens is 544 g/mol. The Kier molecular flexibility index (Phi) is 9.05. The van der Waals surface area contributed by atoms with Crippen LogP contribution < -0.4 is 14.8 Å². The van der Waals surface area contributed by atoms with Gasteiger partial charge in [-0.1, -0.05) is 17.7 Å². The van der Waals surface area contributed by atoms with Crippen LogP contribution in [0, 0.1) is 0 Å². The van der Waals surface area contributed by atoms with E-state index in [2.05, 4.69) is 15.1 Å². The Labute approximate surface area is 234 Å². The number of hydrogen-bond donors (Lipinski definition) is 1. The predicted octanol–water partition coefficient (Wildman–Crippen LogP) is 2.67. The molecule has 2 amide bonds. The molecule has 1 saturated heterocycles. The molecule has 0 saturated carbocycles. The van der Waals surface area contributed by atoms with Crippen LogP contribution in [0.4, 0.5) is 5.69 Å². The number of rotatable bonds is 10. The van der Waals surface area contributed by atoms with Gasteiger partial charge in [0, 0.05) is 49.6 Å². The van der Waals surface area contributed by atoms with E-state index >= 15 is 0 Å². The summed E-state index contributed by atoms with van der Waals surface area (Å²) < 4.78 is 36.0. The number of ether oxygens (including phenoxy) is 2. The van der Waals surface area contributed by atoms with Crippen LogP contribution in [-0.4, -0.2) is 100 Å². The zero-order chi connectivity index (χ0) is 28.3. The van der Waals surface area contributed by atoms with Gasteiger partial charge in [-0.15, -0.1) is 0 Å². The molecule has 4 rings (SSSR count). The van der Waals surface area contributed by atoms with E-state index in [-0.39, 0.29) is 30.3 Å². The summed E-state index contributed by atoms with van der Waals surface area (Å²) in [5, 5.41) is 3.27. The summed E-state index contributed by atoms with van der Waals surface area (Å²) in [6, 6.07) is 7.59. The van der Waals surface area contributed by atoms with Gasteiger partial charge in [0.05, 0.1) is 43.3 Å². The minimum absolute atomic E-state index is 0.103. The molecule has 1 atom stereocenters. The highest BCUT2D eigenvalue weighted by Crippen LogP contribution is 2.40. The predicted molar refractivity (Wildman–Crippen MR) is 151 cm³/mol. The Bertz CT molecular complexity index is 1340. The topological polar surface area (TPSA) is 108 Å². The largest absolute Gasteiger partial charge is 0.493 e. The van der Waals surface area contributed by atoms with Crippen LogP contribution in [0.5, 0.6) is 11.5 Å². The van der Waals surface area contributed by atoms with Gasteiger partial charge in [0.2, 0.25) is 5.91 Å². The SMILES string of the molecule is CCOc1cc([C@@H](CS(C)(=O)=O)N2Cc3c(Cl)ccc(NC(=O)CN4CCN(C)CC4)c3C2=O)ccc1OC. The lowest BCUT2D eigenvalue weighted by molar-refractivity contribution is -0.117. The third kappa shape index (κ3) is 6.84. The molecule has 0 aromatic heterocycles. The van der Waals surface area contributed by atoms with Crippen LogP contribution in [0.3, 0.4) is 0 Å². The van der Waals surface area contributed by atoms with Crippen molar-refractivity contribution in [3.05, 3.63) is 52.0 Å². The molecule has 0 spiro atoms. The Morgan fingerprint density at radius 3 is 2.49 bits per heavy atom. The average Bonchev–Trinajstić information content (AvgIpc) is 3.23.